The van der Waals surface area contributed by atoms with Crippen molar-refractivity contribution in [1.29, 1.82) is 0 Å². The summed E-state index contributed by atoms with van der Waals surface area (Å²) in [7, 11) is 0. The van der Waals surface area contributed by atoms with E-state index in [4.69, 9.17) is 9.26 Å². The minimum Gasteiger partial charge on any atom is -0.373 e. The van der Waals surface area contributed by atoms with E-state index in [1.165, 1.54) is 16.2 Å². The number of thiophene rings is 1. The molecule has 0 N–H and O–H groups in total. The molecule has 3 rings (SSSR count). The molecule has 0 aromatic carbocycles. The molecule has 126 valence electrons. The fraction of sp³-hybridized carbons (Fsp3) is 0.647. The summed E-state index contributed by atoms with van der Waals surface area (Å²) in [5, 5.41) is 4.09. The maximum Gasteiger partial charge on any atom is 0.226 e. The van der Waals surface area contributed by atoms with Gasteiger partial charge in [-0.25, -0.2) is 0 Å². The average Bonchev–Trinajstić information content (AvgIpc) is 3.28. The minimum atomic E-state index is 0.317. The van der Waals surface area contributed by atoms with Crippen molar-refractivity contribution in [2.24, 2.45) is 0 Å². The third-order valence-corrected chi connectivity index (χ3v) is 5.26. The van der Waals surface area contributed by atoms with Crippen LogP contribution >= 0.6 is 11.3 Å². The van der Waals surface area contributed by atoms with Gasteiger partial charge in [-0.3, -0.25) is 4.90 Å². The highest BCUT2D eigenvalue weighted by Gasteiger charge is 2.20. The maximum absolute atomic E-state index is 5.77. The summed E-state index contributed by atoms with van der Waals surface area (Å²) >= 11 is 1.87. The van der Waals surface area contributed by atoms with Crippen LogP contribution in [0.4, 0.5) is 0 Å². The fourth-order valence-electron chi connectivity index (χ4n) is 2.82. The molecule has 5 nitrogen and oxygen atoms in total. The molecular weight excluding hydrogens is 310 g/mol. The number of hydrogen-bond acceptors (Lipinski definition) is 6. The van der Waals surface area contributed by atoms with Crippen molar-refractivity contribution in [1.82, 2.24) is 15.0 Å². The molecule has 1 aliphatic rings. The smallest absolute Gasteiger partial charge is 0.226 e. The molecule has 0 bridgehead atoms. The zero-order valence-electron chi connectivity index (χ0n) is 14.0. The van der Waals surface area contributed by atoms with Crippen molar-refractivity contribution in [3.05, 3.63) is 33.6 Å². The van der Waals surface area contributed by atoms with E-state index >= 15 is 0 Å². The van der Waals surface area contributed by atoms with Crippen LogP contribution in [0.5, 0.6) is 0 Å². The van der Waals surface area contributed by atoms with Crippen LogP contribution in [0, 0.1) is 0 Å². The fourth-order valence-corrected chi connectivity index (χ4v) is 3.96. The van der Waals surface area contributed by atoms with Crippen molar-refractivity contribution in [3.8, 4) is 0 Å². The Morgan fingerprint density at radius 1 is 1.30 bits per heavy atom. The van der Waals surface area contributed by atoms with Gasteiger partial charge in [-0.15, -0.1) is 11.3 Å². The molecule has 1 fully saturated rings. The zero-order chi connectivity index (χ0) is 16.1. The van der Waals surface area contributed by atoms with E-state index in [9.17, 15) is 0 Å². The van der Waals surface area contributed by atoms with Gasteiger partial charge in [-0.1, -0.05) is 19.0 Å². The molecule has 1 aliphatic heterocycles. The van der Waals surface area contributed by atoms with Crippen LogP contribution < -0.4 is 0 Å². The van der Waals surface area contributed by atoms with E-state index in [0.29, 0.717) is 6.10 Å². The van der Waals surface area contributed by atoms with E-state index in [-0.39, 0.29) is 0 Å². The van der Waals surface area contributed by atoms with E-state index in [1.807, 2.05) is 11.3 Å². The Hall–Kier alpha value is -1.24. The highest BCUT2D eigenvalue weighted by Crippen LogP contribution is 2.33. The molecule has 0 amide bonds. The molecule has 23 heavy (non-hydrogen) atoms. The Kier molecular flexibility index (Phi) is 5.80. The van der Waals surface area contributed by atoms with Crippen LogP contribution in [0.25, 0.3) is 0 Å². The molecule has 0 aliphatic carbocycles. The molecule has 2 aromatic rings. The van der Waals surface area contributed by atoms with Crippen LogP contribution in [0.15, 0.2) is 16.7 Å². The first-order valence-corrected chi connectivity index (χ1v) is 9.34. The van der Waals surface area contributed by atoms with Crippen molar-refractivity contribution in [3.63, 3.8) is 0 Å². The predicted molar refractivity (Wildman–Crippen MR) is 90.3 cm³/mol. The van der Waals surface area contributed by atoms with Crippen molar-refractivity contribution in [2.45, 2.75) is 58.7 Å². The minimum absolute atomic E-state index is 0.317. The van der Waals surface area contributed by atoms with Gasteiger partial charge in [0, 0.05) is 29.3 Å². The summed E-state index contributed by atoms with van der Waals surface area (Å²) in [6.07, 6.45) is 4.53. The third-order valence-electron chi connectivity index (χ3n) is 4.10. The summed E-state index contributed by atoms with van der Waals surface area (Å²) in [5.74, 6) is 1.53. The average molecular weight is 335 g/mol. The Bertz CT molecular complexity index is 605. The Labute approximate surface area is 141 Å². The molecule has 1 saturated heterocycles. The lowest BCUT2D eigenvalue weighted by atomic mass is 10.2. The van der Waals surface area contributed by atoms with E-state index in [0.717, 1.165) is 57.2 Å². The van der Waals surface area contributed by atoms with Crippen LogP contribution in [0.1, 0.15) is 60.7 Å². The number of aromatic nitrogens is 2. The lowest BCUT2D eigenvalue weighted by molar-refractivity contribution is 0.114. The van der Waals surface area contributed by atoms with Gasteiger partial charge in [0.25, 0.3) is 0 Å². The lowest BCUT2D eigenvalue weighted by Gasteiger charge is -2.17. The highest BCUT2D eigenvalue weighted by molar-refractivity contribution is 7.12. The summed E-state index contributed by atoms with van der Waals surface area (Å²) in [6.45, 7) is 7.80. The second kappa shape index (κ2) is 8.04. The molecule has 3 heterocycles. The van der Waals surface area contributed by atoms with Gasteiger partial charge in [-0.05, 0) is 37.9 Å². The summed E-state index contributed by atoms with van der Waals surface area (Å²) in [5.41, 5.74) is 0. The lowest BCUT2D eigenvalue weighted by Crippen LogP contribution is -2.22. The molecule has 0 spiro atoms. The van der Waals surface area contributed by atoms with Crippen molar-refractivity contribution < 1.29 is 9.26 Å². The summed E-state index contributed by atoms with van der Waals surface area (Å²) in [6, 6.07) is 4.45. The number of ether oxygens (including phenoxy) is 1. The molecular formula is C17H25N3O2S. The van der Waals surface area contributed by atoms with Gasteiger partial charge in [0.05, 0.1) is 12.6 Å². The molecule has 1 atom stereocenters. The summed E-state index contributed by atoms with van der Waals surface area (Å²) in [4.78, 5) is 9.53. The van der Waals surface area contributed by atoms with Crippen LogP contribution in [0.3, 0.4) is 0 Å². The normalized spacial score (nSPS) is 18.1. The van der Waals surface area contributed by atoms with Crippen LogP contribution in [-0.2, 0) is 24.2 Å². The quantitative estimate of drug-likeness (QED) is 0.731. The third kappa shape index (κ3) is 4.40. The second-order valence-corrected chi connectivity index (χ2v) is 7.16. The van der Waals surface area contributed by atoms with E-state index in [1.54, 1.807) is 0 Å². The number of rotatable bonds is 8. The van der Waals surface area contributed by atoms with Crippen LogP contribution in [-0.4, -0.2) is 28.2 Å². The molecule has 0 radical (unpaired) electrons. The second-order valence-electron chi connectivity index (χ2n) is 5.96. The zero-order valence-corrected chi connectivity index (χ0v) is 14.8. The standard InChI is InChI=1S/C17H25N3O2S/c1-3-6-17-18-16(19-22-17)12-20(4-2)11-13-8-9-15(23-13)14-7-5-10-21-14/h8-9,14H,3-7,10-12H2,1-2H3/t14-/m0/s1. The highest BCUT2D eigenvalue weighted by atomic mass is 32.1. The first-order chi connectivity index (χ1) is 11.3. The summed E-state index contributed by atoms with van der Waals surface area (Å²) < 4.78 is 11.0. The Morgan fingerprint density at radius 2 is 2.22 bits per heavy atom. The number of aryl methyl sites for hydroxylation is 1. The van der Waals surface area contributed by atoms with Gasteiger partial charge in [0.2, 0.25) is 5.89 Å². The first-order valence-electron chi connectivity index (χ1n) is 8.52. The van der Waals surface area contributed by atoms with Gasteiger partial charge in [0.1, 0.15) is 0 Å². The van der Waals surface area contributed by atoms with E-state index in [2.05, 4.69) is 41.0 Å². The van der Waals surface area contributed by atoms with Gasteiger partial charge in [0.15, 0.2) is 5.82 Å². The van der Waals surface area contributed by atoms with Crippen molar-refractivity contribution >= 4 is 11.3 Å². The van der Waals surface area contributed by atoms with E-state index < -0.39 is 0 Å². The molecule has 0 saturated carbocycles. The SMILES string of the molecule is CCCc1nc(CN(CC)Cc2ccc([C@@H]3CCCO3)s2)no1. The molecule has 2 aromatic heterocycles. The Balaban J connectivity index is 1.57. The van der Waals surface area contributed by atoms with Crippen LogP contribution in [0.2, 0.25) is 0 Å². The largest absolute Gasteiger partial charge is 0.373 e. The molecule has 6 heteroatoms. The van der Waals surface area contributed by atoms with Gasteiger partial charge < -0.3 is 9.26 Å². The van der Waals surface area contributed by atoms with Gasteiger partial charge in [-0.2, -0.15) is 4.98 Å². The molecule has 0 unspecified atom stereocenters. The topological polar surface area (TPSA) is 51.4 Å². The Morgan fingerprint density at radius 3 is 2.96 bits per heavy atom. The van der Waals surface area contributed by atoms with Gasteiger partial charge >= 0.3 is 0 Å². The number of nitrogens with zero attached hydrogens (tertiary/aromatic N) is 3. The maximum atomic E-state index is 5.77. The number of hydrogen-bond donors (Lipinski definition) is 0. The monoisotopic (exact) mass is 335 g/mol. The predicted octanol–water partition coefficient (Wildman–Crippen LogP) is 3.96. The first kappa shape index (κ1) is 16.6. The van der Waals surface area contributed by atoms with Crippen molar-refractivity contribution in [2.75, 3.05) is 13.2 Å².